The molecule has 0 bridgehead atoms. The summed E-state index contributed by atoms with van der Waals surface area (Å²) >= 11 is 0. The summed E-state index contributed by atoms with van der Waals surface area (Å²) in [6.45, 7) is 5.50. The Morgan fingerprint density at radius 1 is 1.15 bits per heavy atom. The van der Waals surface area contributed by atoms with Crippen LogP contribution < -0.4 is 10.2 Å². The molecule has 4 rings (SSSR count). The van der Waals surface area contributed by atoms with Crippen LogP contribution in [0.3, 0.4) is 0 Å². The number of nitrogens with zero attached hydrogens (tertiary/aromatic N) is 3. The molecule has 6 nitrogen and oxygen atoms in total. The highest BCUT2D eigenvalue weighted by molar-refractivity contribution is 6.27. The molecule has 0 fully saturated rings. The predicted octanol–water partition coefficient (Wildman–Crippen LogP) is 4.07. The molecule has 2 aromatic carbocycles. The van der Waals surface area contributed by atoms with E-state index in [-0.39, 0.29) is 11.8 Å². The van der Waals surface area contributed by atoms with Gasteiger partial charge in [-0.2, -0.15) is 5.10 Å². The van der Waals surface area contributed by atoms with Crippen molar-refractivity contribution in [2.45, 2.75) is 33.2 Å². The molecule has 138 valence electrons. The minimum absolute atomic E-state index is 0.0363. The van der Waals surface area contributed by atoms with E-state index in [1.165, 1.54) is 0 Å². The van der Waals surface area contributed by atoms with Crippen LogP contribution in [0, 0.1) is 0 Å². The third-order valence-electron chi connectivity index (χ3n) is 4.97. The molecule has 0 saturated heterocycles. The smallest absolute Gasteiger partial charge is 0.276 e. The van der Waals surface area contributed by atoms with Gasteiger partial charge in [0.15, 0.2) is 5.69 Å². The van der Waals surface area contributed by atoms with E-state index in [1.807, 2.05) is 42.2 Å². The van der Waals surface area contributed by atoms with Gasteiger partial charge in [-0.1, -0.05) is 25.5 Å². The summed E-state index contributed by atoms with van der Waals surface area (Å²) in [5.74, 6) is -0.218. The molecule has 2 amide bonds. The lowest BCUT2D eigenvalue weighted by molar-refractivity contribution is 0.0990. The molecular weight excluding hydrogens is 340 g/mol. The zero-order valence-corrected chi connectivity index (χ0v) is 15.5. The molecule has 0 atom stereocenters. The lowest BCUT2D eigenvalue weighted by atomic mass is 10.0. The van der Waals surface area contributed by atoms with Gasteiger partial charge in [0.25, 0.3) is 11.8 Å². The Hall–Kier alpha value is -3.15. The maximum absolute atomic E-state index is 12.8. The van der Waals surface area contributed by atoms with Crippen molar-refractivity contribution in [3.8, 4) is 0 Å². The van der Waals surface area contributed by atoms with Gasteiger partial charge in [-0.15, -0.1) is 0 Å². The fraction of sp³-hybridized carbons (Fsp3) is 0.286. The van der Waals surface area contributed by atoms with Crippen molar-refractivity contribution in [2.24, 2.45) is 0 Å². The summed E-state index contributed by atoms with van der Waals surface area (Å²) in [5.41, 5.74) is 2.69. The normalized spacial score (nSPS) is 12.8. The van der Waals surface area contributed by atoms with Crippen LogP contribution in [0.5, 0.6) is 0 Å². The highest BCUT2D eigenvalue weighted by Gasteiger charge is 2.30. The molecule has 0 saturated carbocycles. The van der Waals surface area contributed by atoms with Gasteiger partial charge in [0, 0.05) is 41.3 Å². The third kappa shape index (κ3) is 2.87. The minimum Gasteiger partial charge on any atom is -0.320 e. The van der Waals surface area contributed by atoms with E-state index in [2.05, 4.69) is 17.3 Å². The molecule has 0 spiro atoms. The summed E-state index contributed by atoms with van der Waals surface area (Å²) in [4.78, 5) is 27.2. The standard InChI is InChI=1S/C21H22N4O2/c1-3-5-12-25-18-10-9-16(14-7-6-8-15(19(14)18)21(25)27)22-20(26)17-11-13-24(4-2)23-17/h6-11,13H,3-5,12H2,1-2H3,(H,22,26). The fourth-order valence-corrected chi connectivity index (χ4v) is 3.54. The van der Waals surface area contributed by atoms with Gasteiger partial charge in [-0.25, -0.2) is 0 Å². The summed E-state index contributed by atoms with van der Waals surface area (Å²) in [6, 6.07) is 11.2. The molecule has 6 heteroatoms. The molecule has 27 heavy (non-hydrogen) atoms. The van der Waals surface area contributed by atoms with Gasteiger partial charge < -0.3 is 10.2 Å². The topological polar surface area (TPSA) is 67.2 Å². The lowest BCUT2D eigenvalue weighted by Gasteiger charge is -2.17. The highest BCUT2D eigenvalue weighted by atomic mass is 16.2. The first-order valence-corrected chi connectivity index (χ1v) is 9.36. The van der Waals surface area contributed by atoms with Crippen LogP contribution >= 0.6 is 0 Å². The number of hydrogen-bond acceptors (Lipinski definition) is 3. The van der Waals surface area contributed by atoms with Gasteiger partial charge in [-0.3, -0.25) is 14.3 Å². The van der Waals surface area contributed by atoms with Crippen LogP contribution in [0.1, 0.15) is 47.5 Å². The van der Waals surface area contributed by atoms with Gasteiger partial charge in [0.05, 0.1) is 5.69 Å². The average Bonchev–Trinajstić information content (AvgIpc) is 3.27. The van der Waals surface area contributed by atoms with E-state index < -0.39 is 0 Å². The Labute approximate surface area is 157 Å². The zero-order chi connectivity index (χ0) is 19.0. The number of carbonyl (C=O) groups excluding carboxylic acids is 2. The molecule has 1 aromatic heterocycles. The highest BCUT2D eigenvalue weighted by Crippen LogP contribution is 2.40. The van der Waals surface area contributed by atoms with E-state index in [0.29, 0.717) is 30.0 Å². The molecule has 0 radical (unpaired) electrons. The summed E-state index contributed by atoms with van der Waals surface area (Å²) in [7, 11) is 0. The summed E-state index contributed by atoms with van der Waals surface area (Å²) in [6.07, 6.45) is 3.77. The Balaban J connectivity index is 1.71. The number of amides is 2. The average molecular weight is 362 g/mol. The van der Waals surface area contributed by atoms with Crippen LogP contribution in [0.15, 0.2) is 42.6 Å². The summed E-state index contributed by atoms with van der Waals surface area (Å²) < 4.78 is 1.71. The Bertz CT molecular complexity index is 1040. The second-order valence-corrected chi connectivity index (χ2v) is 6.68. The first-order valence-electron chi connectivity index (χ1n) is 9.36. The number of unbranched alkanes of at least 4 members (excludes halogenated alkanes) is 1. The van der Waals surface area contributed by atoms with Crippen molar-refractivity contribution in [1.82, 2.24) is 9.78 Å². The third-order valence-corrected chi connectivity index (χ3v) is 4.97. The van der Waals surface area contributed by atoms with Gasteiger partial charge >= 0.3 is 0 Å². The molecule has 0 aliphatic carbocycles. The molecule has 2 heterocycles. The van der Waals surface area contributed by atoms with Crippen molar-refractivity contribution in [2.75, 3.05) is 16.8 Å². The number of hydrogen-bond donors (Lipinski definition) is 1. The molecule has 1 aliphatic heterocycles. The van der Waals surface area contributed by atoms with Crippen LogP contribution in [0.2, 0.25) is 0 Å². The van der Waals surface area contributed by atoms with Gasteiger partial charge in [-0.05, 0) is 37.6 Å². The Kier molecular flexibility index (Phi) is 4.39. The van der Waals surface area contributed by atoms with Gasteiger partial charge in [0.1, 0.15) is 0 Å². The number of benzene rings is 2. The maximum Gasteiger partial charge on any atom is 0.276 e. The molecular formula is C21H22N4O2. The van der Waals surface area contributed by atoms with Crippen molar-refractivity contribution < 1.29 is 9.59 Å². The Morgan fingerprint density at radius 3 is 2.74 bits per heavy atom. The fourth-order valence-electron chi connectivity index (χ4n) is 3.54. The second-order valence-electron chi connectivity index (χ2n) is 6.68. The number of aromatic nitrogens is 2. The quantitative estimate of drug-likeness (QED) is 0.719. The maximum atomic E-state index is 12.8. The first kappa shape index (κ1) is 17.3. The first-order chi connectivity index (χ1) is 13.1. The van der Waals surface area contributed by atoms with E-state index in [1.54, 1.807) is 16.9 Å². The number of nitrogens with one attached hydrogen (secondary N) is 1. The molecule has 3 aromatic rings. The van der Waals surface area contributed by atoms with Crippen LogP contribution in [-0.2, 0) is 6.54 Å². The number of aryl methyl sites for hydroxylation is 1. The van der Waals surface area contributed by atoms with Crippen molar-refractivity contribution in [1.29, 1.82) is 0 Å². The summed E-state index contributed by atoms with van der Waals surface area (Å²) in [5, 5.41) is 8.99. The monoisotopic (exact) mass is 362 g/mol. The van der Waals surface area contributed by atoms with E-state index in [9.17, 15) is 9.59 Å². The van der Waals surface area contributed by atoms with Gasteiger partial charge in [0.2, 0.25) is 0 Å². The predicted molar refractivity (Wildman–Crippen MR) is 106 cm³/mol. The Morgan fingerprint density at radius 2 is 2.00 bits per heavy atom. The number of rotatable bonds is 6. The minimum atomic E-state index is -0.255. The van der Waals surface area contributed by atoms with Crippen LogP contribution in [0.4, 0.5) is 11.4 Å². The van der Waals surface area contributed by atoms with Crippen molar-refractivity contribution in [3.05, 3.63) is 53.9 Å². The SMILES string of the molecule is CCCCN1C(=O)c2cccc3c(NC(=O)c4ccn(CC)n4)ccc1c23. The molecule has 1 N–H and O–H groups in total. The number of anilines is 2. The van der Waals surface area contributed by atoms with Crippen LogP contribution in [0.25, 0.3) is 10.8 Å². The zero-order valence-electron chi connectivity index (χ0n) is 15.5. The molecule has 0 unspecified atom stereocenters. The lowest BCUT2D eigenvalue weighted by Crippen LogP contribution is -2.27. The molecule has 1 aliphatic rings. The van der Waals surface area contributed by atoms with Crippen molar-refractivity contribution in [3.63, 3.8) is 0 Å². The largest absolute Gasteiger partial charge is 0.320 e. The second kappa shape index (κ2) is 6.87. The van der Waals surface area contributed by atoms with E-state index in [4.69, 9.17) is 0 Å². The van der Waals surface area contributed by atoms with E-state index >= 15 is 0 Å². The van der Waals surface area contributed by atoms with Crippen molar-refractivity contribution >= 4 is 34.0 Å². The van der Waals surface area contributed by atoms with Crippen LogP contribution in [-0.4, -0.2) is 28.1 Å². The number of carbonyl (C=O) groups is 2. The van der Waals surface area contributed by atoms with E-state index in [0.717, 1.165) is 29.3 Å².